The van der Waals surface area contributed by atoms with Crippen LogP contribution in [0.2, 0.25) is 0 Å². The van der Waals surface area contributed by atoms with Gasteiger partial charge in [-0.1, -0.05) is 30.3 Å². The number of aromatic nitrogens is 1. The lowest BCUT2D eigenvalue weighted by molar-refractivity contribution is -0.120. The first kappa shape index (κ1) is 19.6. The summed E-state index contributed by atoms with van der Waals surface area (Å²) in [6, 6.07) is 19.4. The molecule has 0 aliphatic rings. The van der Waals surface area contributed by atoms with Gasteiger partial charge in [0, 0.05) is 6.54 Å². The number of nitrogens with zero attached hydrogens (tertiary/aromatic N) is 1. The average Bonchev–Trinajstić information content (AvgIpc) is 3.13. The summed E-state index contributed by atoms with van der Waals surface area (Å²) in [5.74, 6) is -0.964. The molecule has 0 atom stereocenters. The lowest BCUT2D eigenvalue weighted by Gasteiger charge is -2.05. The van der Waals surface area contributed by atoms with Gasteiger partial charge in [-0.2, -0.15) is 0 Å². The van der Waals surface area contributed by atoms with Gasteiger partial charge in [0.1, 0.15) is 10.8 Å². The predicted molar refractivity (Wildman–Crippen MR) is 116 cm³/mol. The van der Waals surface area contributed by atoms with E-state index in [4.69, 9.17) is 5.11 Å². The number of carbonyl (C=O) groups excluding carboxylic acids is 1. The number of hydrogen-bond acceptors (Lipinski definition) is 5. The number of benzene rings is 3. The molecule has 3 aromatic carbocycles. The minimum Gasteiger partial charge on any atom is -0.508 e. The van der Waals surface area contributed by atoms with Crippen LogP contribution in [-0.4, -0.2) is 27.1 Å². The molecule has 0 aliphatic carbocycles. The highest BCUT2D eigenvalue weighted by atomic mass is 32.1. The van der Waals surface area contributed by atoms with Crippen LogP contribution in [0.1, 0.15) is 20.9 Å². The highest BCUT2D eigenvalue weighted by Gasteiger charge is 2.11. The van der Waals surface area contributed by atoms with E-state index in [0.717, 1.165) is 26.9 Å². The molecule has 1 aromatic heterocycles. The molecule has 7 heteroatoms. The molecule has 30 heavy (non-hydrogen) atoms. The van der Waals surface area contributed by atoms with E-state index in [9.17, 15) is 14.7 Å². The normalized spacial score (nSPS) is 10.8. The monoisotopic (exact) mass is 418 g/mol. The number of nitrogens with one attached hydrogen (secondary N) is 1. The molecule has 0 fully saturated rings. The number of amides is 1. The number of thiazole rings is 1. The molecule has 0 saturated heterocycles. The minimum atomic E-state index is -0.997. The summed E-state index contributed by atoms with van der Waals surface area (Å²) in [6.07, 6.45) is 0.152. The third kappa shape index (κ3) is 4.47. The number of phenolic OH excluding ortho intramolecular Hbond substituents is 1. The fourth-order valence-corrected chi connectivity index (χ4v) is 4.13. The van der Waals surface area contributed by atoms with Crippen molar-refractivity contribution in [2.24, 2.45) is 0 Å². The molecular formula is C23H18N2O4S. The first-order chi connectivity index (χ1) is 14.5. The van der Waals surface area contributed by atoms with E-state index >= 15 is 0 Å². The molecule has 0 spiro atoms. The summed E-state index contributed by atoms with van der Waals surface area (Å²) in [5.41, 5.74) is 3.61. The lowest BCUT2D eigenvalue weighted by atomic mass is 10.1. The molecule has 0 radical (unpaired) electrons. The van der Waals surface area contributed by atoms with Crippen LogP contribution in [0.5, 0.6) is 5.75 Å². The van der Waals surface area contributed by atoms with E-state index in [1.165, 1.54) is 17.4 Å². The van der Waals surface area contributed by atoms with Crippen molar-refractivity contribution < 1.29 is 19.8 Å². The number of phenols is 1. The lowest BCUT2D eigenvalue weighted by Crippen LogP contribution is -2.24. The van der Waals surface area contributed by atoms with Crippen molar-refractivity contribution in [1.29, 1.82) is 0 Å². The number of carboxylic acid groups (broad SMARTS) is 1. The van der Waals surface area contributed by atoms with E-state index in [-0.39, 0.29) is 30.2 Å². The molecule has 0 unspecified atom stereocenters. The Bertz CT molecular complexity index is 1250. The van der Waals surface area contributed by atoms with Gasteiger partial charge in [0.2, 0.25) is 5.91 Å². The Hall–Kier alpha value is -3.71. The third-order valence-electron chi connectivity index (χ3n) is 4.59. The highest BCUT2D eigenvalue weighted by Crippen LogP contribution is 2.29. The Morgan fingerprint density at radius 1 is 0.967 bits per heavy atom. The zero-order chi connectivity index (χ0) is 21.1. The molecule has 4 aromatic rings. The summed E-state index contributed by atoms with van der Waals surface area (Å²) in [7, 11) is 0. The van der Waals surface area contributed by atoms with Crippen LogP contribution in [0.3, 0.4) is 0 Å². The molecule has 0 bridgehead atoms. The Balaban J connectivity index is 1.44. The number of hydrogen-bond donors (Lipinski definition) is 3. The maximum atomic E-state index is 12.3. The number of carboxylic acids is 1. The van der Waals surface area contributed by atoms with Gasteiger partial charge in [0.05, 0.1) is 22.2 Å². The second-order valence-electron chi connectivity index (χ2n) is 6.80. The maximum Gasteiger partial charge on any atom is 0.335 e. The highest BCUT2D eigenvalue weighted by molar-refractivity contribution is 7.18. The zero-order valence-corrected chi connectivity index (χ0v) is 16.6. The van der Waals surface area contributed by atoms with E-state index < -0.39 is 5.97 Å². The topological polar surface area (TPSA) is 99.5 Å². The summed E-state index contributed by atoms with van der Waals surface area (Å²) in [4.78, 5) is 27.9. The standard InChI is InChI=1S/C23H18N2O4S/c26-18-6-2-4-15(10-18)16-7-8-19-20(11-16)30-22(25-19)12-21(27)24-13-14-3-1-5-17(9-14)23(28)29/h1-11,26H,12-13H2,(H,24,27)(H,28,29). The third-order valence-corrected chi connectivity index (χ3v) is 5.61. The van der Waals surface area contributed by atoms with Crippen LogP contribution in [0, 0.1) is 0 Å². The Kier molecular flexibility index (Phi) is 5.45. The molecular weight excluding hydrogens is 400 g/mol. The number of aromatic hydroxyl groups is 1. The van der Waals surface area contributed by atoms with E-state index in [2.05, 4.69) is 10.3 Å². The van der Waals surface area contributed by atoms with Crippen LogP contribution in [0.4, 0.5) is 0 Å². The molecule has 6 nitrogen and oxygen atoms in total. The first-order valence-electron chi connectivity index (χ1n) is 9.26. The van der Waals surface area contributed by atoms with Crippen molar-refractivity contribution in [3.8, 4) is 16.9 Å². The number of carbonyl (C=O) groups is 2. The first-order valence-corrected chi connectivity index (χ1v) is 10.1. The number of fused-ring (bicyclic) bond motifs is 1. The van der Waals surface area contributed by atoms with Gasteiger partial charge in [-0.3, -0.25) is 4.79 Å². The maximum absolute atomic E-state index is 12.3. The minimum absolute atomic E-state index is 0.152. The van der Waals surface area contributed by atoms with Crippen molar-refractivity contribution in [2.75, 3.05) is 0 Å². The quantitative estimate of drug-likeness (QED) is 0.435. The van der Waals surface area contributed by atoms with Gasteiger partial charge >= 0.3 is 5.97 Å². The Morgan fingerprint density at radius 3 is 2.57 bits per heavy atom. The van der Waals surface area contributed by atoms with Crippen LogP contribution >= 0.6 is 11.3 Å². The van der Waals surface area contributed by atoms with Crippen molar-refractivity contribution in [3.05, 3.63) is 82.9 Å². The Labute approximate surface area is 176 Å². The number of aromatic carboxylic acids is 1. The van der Waals surface area contributed by atoms with Gasteiger partial charge in [-0.25, -0.2) is 9.78 Å². The fraction of sp³-hybridized carbons (Fsp3) is 0.0870. The van der Waals surface area contributed by atoms with Crippen molar-refractivity contribution in [3.63, 3.8) is 0 Å². The molecule has 1 amide bonds. The summed E-state index contributed by atoms with van der Waals surface area (Å²) < 4.78 is 0.966. The van der Waals surface area contributed by atoms with Gasteiger partial charge < -0.3 is 15.5 Å². The molecule has 1 heterocycles. The van der Waals surface area contributed by atoms with Crippen LogP contribution in [0.25, 0.3) is 21.3 Å². The van der Waals surface area contributed by atoms with Gasteiger partial charge in [0.25, 0.3) is 0 Å². The predicted octanol–water partition coefficient (Wildman–Crippen LogP) is 4.23. The molecule has 4 rings (SSSR count). The average molecular weight is 418 g/mol. The smallest absolute Gasteiger partial charge is 0.335 e. The van der Waals surface area contributed by atoms with E-state index in [1.54, 1.807) is 36.4 Å². The fourth-order valence-electron chi connectivity index (χ4n) is 3.13. The molecule has 3 N–H and O–H groups in total. The van der Waals surface area contributed by atoms with E-state index in [0.29, 0.717) is 5.01 Å². The molecule has 0 aliphatic heterocycles. The SMILES string of the molecule is O=C(Cc1nc2ccc(-c3cccc(O)c3)cc2s1)NCc1cccc(C(=O)O)c1. The second kappa shape index (κ2) is 8.34. The summed E-state index contributed by atoms with van der Waals surface area (Å²) in [5, 5.41) is 22.2. The number of rotatable bonds is 6. The van der Waals surface area contributed by atoms with Crippen molar-refractivity contribution in [1.82, 2.24) is 10.3 Å². The largest absolute Gasteiger partial charge is 0.508 e. The molecule has 0 saturated carbocycles. The van der Waals surface area contributed by atoms with Crippen LogP contribution in [0.15, 0.2) is 66.7 Å². The Morgan fingerprint density at radius 2 is 1.77 bits per heavy atom. The second-order valence-corrected chi connectivity index (χ2v) is 7.91. The summed E-state index contributed by atoms with van der Waals surface area (Å²) in [6.45, 7) is 0.256. The van der Waals surface area contributed by atoms with Crippen molar-refractivity contribution in [2.45, 2.75) is 13.0 Å². The van der Waals surface area contributed by atoms with Gasteiger partial charge in [-0.15, -0.1) is 11.3 Å². The van der Waals surface area contributed by atoms with Gasteiger partial charge in [0.15, 0.2) is 0 Å². The van der Waals surface area contributed by atoms with Crippen LogP contribution < -0.4 is 5.32 Å². The molecule has 150 valence electrons. The van der Waals surface area contributed by atoms with Crippen LogP contribution in [-0.2, 0) is 17.8 Å². The van der Waals surface area contributed by atoms with Gasteiger partial charge in [-0.05, 0) is 53.1 Å². The van der Waals surface area contributed by atoms with Crippen molar-refractivity contribution >= 4 is 33.4 Å². The summed E-state index contributed by atoms with van der Waals surface area (Å²) >= 11 is 1.45. The zero-order valence-electron chi connectivity index (χ0n) is 15.8. The van der Waals surface area contributed by atoms with E-state index in [1.807, 2.05) is 24.3 Å².